The number of hydrogen-bond donors (Lipinski definition) is 2. The van der Waals surface area contributed by atoms with E-state index in [9.17, 15) is 9.59 Å². The molecular weight excluding hydrogens is 284 g/mol. The van der Waals surface area contributed by atoms with E-state index in [0.29, 0.717) is 18.8 Å². The van der Waals surface area contributed by atoms with Crippen LogP contribution in [0.3, 0.4) is 0 Å². The van der Waals surface area contributed by atoms with Gasteiger partial charge in [-0.05, 0) is 31.0 Å². The van der Waals surface area contributed by atoms with E-state index in [1.54, 1.807) is 19.1 Å². The highest BCUT2D eigenvalue weighted by molar-refractivity contribution is 5.85. The number of rotatable bonds is 7. The number of carbonyl (C=O) groups is 2. The van der Waals surface area contributed by atoms with Crippen LogP contribution in [0.1, 0.15) is 12.5 Å². The van der Waals surface area contributed by atoms with Crippen molar-refractivity contribution in [1.82, 2.24) is 5.32 Å². The number of hydrogen-bond acceptors (Lipinski definition) is 5. The number of amides is 1. The number of ether oxygens (including phenoxy) is 2. The molecule has 0 saturated carbocycles. The lowest BCUT2D eigenvalue weighted by Gasteiger charge is -2.12. The summed E-state index contributed by atoms with van der Waals surface area (Å²) < 4.78 is 9.83. The van der Waals surface area contributed by atoms with E-state index in [4.69, 9.17) is 10.5 Å². The van der Waals surface area contributed by atoms with E-state index in [0.717, 1.165) is 5.56 Å². The Labute approximate surface area is 130 Å². The van der Waals surface area contributed by atoms with Crippen molar-refractivity contribution in [3.63, 3.8) is 0 Å². The van der Waals surface area contributed by atoms with Crippen LogP contribution < -0.4 is 15.8 Å². The predicted octanol–water partition coefficient (Wildman–Crippen LogP) is 0.248. The zero-order valence-electron chi connectivity index (χ0n) is 12.7. The molecule has 0 aromatic heterocycles. The Bertz CT molecular complexity index is 558. The molecule has 0 bridgehead atoms. The first-order chi connectivity index (χ1) is 10.6. The fraction of sp³-hybridized carbons (Fsp3) is 0.375. The highest BCUT2D eigenvalue weighted by atomic mass is 16.5. The lowest BCUT2D eigenvalue weighted by atomic mass is 10.1. The summed E-state index contributed by atoms with van der Waals surface area (Å²) in [7, 11) is 1.25. The molecule has 1 atom stereocenters. The quantitative estimate of drug-likeness (QED) is 0.556. The van der Waals surface area contributed by atoms with Crippen molar-refractivity contribution in [2.24, 2.45) is 5.73 Å². The molecule has 0 saturated heterocycles. The van der Waals surface area contributed by atoms with Gasteiger partial charge in [-0.2, -0.15) is 0 Å². The standard InChI is InChI=1S/C16H20N2O4/c1-3-4-9-22-13-7-5-12(6-8-13)10-14(17)16(20)18-11-15(19)21-2/h5-8,14H,9-11,17H2,1-2H3,(H,18,20)/t14-/m0/s1. The van der Waals surface area contributed by atoms with Gasteiger partial charge in [0.2, 0.25) is 5.91 Å². The third-order valence-electron chi connectivity index (χ3n) is 2.84. The zero-order chi connectivity index (χ0) is 16.4. The summed E-state index contributed by atoms with van der Waals surface area (Å²) in [5.41, 5.74) is 6.70. The van der Waals surface area contributed by atoms with Gasteiger partial charge in [0.05, 0.1) is 13.2 Å². The van der Waals surface area contributed by atoms with Crippen LogP contribution in [0.15, 0.2) is 24.3 Å². The molecule has 1 aromatic rings. The lowest BCUT2D eigenvalue weighted by Crippen LogP contribution is -2.44. The summed E-state index contributed by atoms with van der Waals surface area (Å²) in [6.45, 7) is 1.90. The van der Waals surface area contributed by atoms with E-state index >= 15 is 0 Å². The van der Waals surface area contributed by atoms with Gasteiger partial charge in [-0.15, -0.1) is 5.92 Å². The normalized spacial score (nSPS) is 10.9. The average Bonchev–Trinajstić information content (AvgIpc) is 2.54. The monoisotopic (exact) mass is 304 g/mol. The smallest absolute Gasteiger partial charge is 0.325 e. The van der Waals surface area contributed by atoms with Crippen molar-refractivity contribution >= 4 is 11.9 Å². The van der Waals surface area contributed by atoms with Gasteiger partial charge >= 0.3 is 5.97 Å². The Morgan fingerprint density at radius 1 is 1.32 bits per heavy atom. The van der Waals surface area contributed by atoms with Crippen molar-refractivity contribution in [3.8, 4) is 17.6 Å². The number of nitrogens with two attached hydrogens (primary N) is 1. The Kier molecular flexibility index (Phi) is 7.51. The highest BCUT2D eigenvalue weighted by Crippen LogP contribution is 2.13. The largest absolute Gasteiger partial charge is 0.481 e. The molecule has 118 valence electrons. The predicted molar refractivity (Wildman–Crippen MR) is 82.1 cm³/mol. The summed E-state index contributed by atoms with van der Waals surface area (Å²) in [4.78, 5) is 22.7. The topological polar surface area (TPSA) is 90.6 Å². The summed E-state index contributed by atoms with van der Waals surface area (Å²) >= 11 is 0. The Morgan fingerprint density at radius 3 is 2.59 bits per heavy atom. The van der Waals surface area contributed by atoms with Crippen LogP contribution in [0.4, 0.5) is 0 Å². The maximum atomic E-state index is 11.7. The lowest BCUT2D eigenvalue weighted by molar-refractivity contribution is -0.141. The number of benzene rings is 1. The van der Waals surface area contributed by atoms with Crippen LogP contribution >= 0.6 is 0 Å². The fourth-order valence-electron chi connectivity index (χ4n) is 1.62. The molecule has 0 radical (unpaired) electrons. The van der Waals surface area contributed by atoms with Gasteiger partial charge in [0.1, 0.15) is 18.9 Å². The number of methoxy groups -OCH3 is 1. The van der Waals surface area contributed by atoms with Crippen molar-refractivity contribution in [3.05, 3.63) is 29.8 Å². The average molecular weight is 304 g/mol. The van der Waals surface area contributed by atoms with Gasteiger partial charge in [-0.1, -0.05) is 18.1 Å². The molecule has 0 aliphatic heterocycles. The third-order valence-corrected chi connectivity index (χ3v) is 2.84. The molecule has 1 rings (SSSR count). The van der Waals surface area contributed by atoms with Crippen LogP contribution in [-0.4, -0.2) is 38.2 Å². The van der Waals surface area contributed by atoms with E-state index in [2.05, 4.69) is 21.9 Å². The molecule has 0 aliphatic rings. The SMILES string of the molecule is CC#CCOc1ccc(C[C@H](N)C(=O)NCC(=O)OC)cc1. The number of esters is 1. The molecule has 6 nitrogen and oxygen atoms in total. The van der Waals surface area contributed by atoms with Crippen LogP contribution in [0, 0.1) is 11.8 Å². The molecule has 0 fully saturated rings. The second-order valence-corrected chi connectivity index (χ2v) is 4.46. The van der Waals surface area contributed by atoms with Gasteiger partial charge in [0.25, 0.3) is 0 Å². The molecule has 0 aliphatic carbocycles. The van der Waals surface area contributed by atoms with Crippen molar-refractivity contribution < 1.29 is 19.1 Å². The summed E-state index contributed by atoms with van der Waals surface area (Å²) in [6, 6.07) is 6.53. The minimum absolute atomic E-state index is 0.186. The first-order valence-corrected chi connectivity index (χ1v) is 6.78. The molecule has 0 heterocycles. The van der Waals surface area contributed by atoms with Gasteiger partial charge in [-0.25, -0.2) is 0 Å². The third kappa shape index (κ3) is 6.29. The molecular formula is C16H20N2O4. The van der Waals surface area contributed by atoms with E-state index < -0.39 is 17.9 Å². The molecule has 0 unspecified atom stereocenters. The zero-order valence-corrected chi connectivity index (χ0v) is 12.7. The van der Waals surface area contributed by atoms with Crippen molar-refractivity contribution in [2.75, 3.05) is 20.3 Å². The van der Waals surface area contributed by atoms with Crippen LogP contribution in [0.5, 0.6) is 5.75 Å². The number of nitrogens with one attached hydrogen (secondary N) is 1. The highest BCUT2D eigenvalue weighted by Gasteiger charge is 2.15. The maximum Gasteiger partial charge on any atom is 0.325 e. The summed E-state index contributed by atoms with van der Waals surface area (Å²) in [5, 5.41) is 2.42. The van der Waals surface area contributed by atoms with Crippen molar-refractivity contribution in [2.45, 2.75) is 19.4 Å². The Hall–Kier alpha value is -2.52. The van der Waals surface area contributed by atoms with Crippen LogP contribution in [-0.2, 0) is 20.7 Å². The van der Waals surface area contributed by atoms with Gasteiger partial charge < -0.3 is 20.5 Å². The Balaban J connectivity index is 2.46. The summed E-state index contributed by atoms with van der Waals surface area (Å²) in [6.07, 6.45) is 0.363. The van der Waals surface area contributed by atoms with Crippen molar-refractivity contribution in [1.29, 1.82) is 0 Å². The van der Waals surface area contributed by atoms with Gasteiger partial charge in [0, 0.05) is 0 Å². The second-order valence-electron chi connectivity index (χ2n) is 4.46. The Morgan fingerprint density at radius 2 is 2.00 bits per heavy atom. The van der Waals surface area contributed by atoms with Gasteiger partial charge in [0.15, 0.2) is 0 Å². The fourth-order valence-corrected chi connectivity index (χ4v) is 1.62. The molecule has 22 heavy (non-hydrogen) atoms. The minimum Gasteiger partial charge on any atom is -0.481 e. The maximum absolute atomic E-state index is 11.7. The molecule has 1 aromatic carbocycles. The van der Waals surface area contributed by atoms with Crippen LogP contribution in [0.2, 0.25) is 0 Å². The summed E-state index contributed by atoms with van der Waals surface area (Å²) in [5.74, 6) is 5.33. The minimum atomic E-state index is -0.734. The van der Waals surface area contributed by atoms with E-state index in [1.807, 2.05) is 12.1 Å². The van der Waals surface area contributed by atoms with E-state index in [1.165, 1.54) is 7.11 Å². The van der Waals surface area contributed by atoms with Crippen LogP contribution in [0.25, 0.3) is 0 Å². The number of carbonyl (C=O) groups excluding carboxylic acids is 2. The van der Waals surface area contributed by atoms with E-state index in [-0.39, 0.29) is 6.54 Å². The first kappa shape index (κ1) is 17.5. The second kappa shape index (κ2) is 9.42. The molecule has 0 spiro atoms. The molecule has 1 amide bonds. The first-order valence-electron chi connectivity index (χ1n) is 6.78. The van der Waals surface area contributed by atoms with Gasteiger partial charge in [-0.3, -0.25) is 9.59 Å². The molecule has 6 heteroatoms. The molecule has 3 N–H and O–H groups in total.